The number of fused-ring (bicyclic) bond motifs is 2. The summed E-state index contributed by atoms with van der Waals surface area (Å²) in [5.74, 6) is 1.61. The molecule has 0 spiro atoms. The SMILES string of the molecule is COc1ccc(Cn2c(-c3cccc(Cl)c3)nc3nc4ccccc4nc32)cc1. The van der Waals surface area contributed by atoms with Gasteiger partial charge in [0.1, 0.15) is 11.6 Å². The first-order chi connectivity index (χ1) is 14.2. The van der Waals surface area contributed by atoms with Gasteiger partial charge in [0.15, 0.2) is 11.3 Å². The van der Waals surface area contributed by atoms with Crippen molar-refractivity contribution < 1.29 is 4.74 Å². The molecule has 0 aliphatic heterocycles. The number of imidazole rings is 1. The maximum atomic E-state index is 6.24. The molecule has 0 aliphatic rings. The van der Waals surface area contributed by atoms with Crippen LogP contribution in [0.25, 0.3) is 33.7 Å². The van der Waals surface area contributed by atoms with E-state index < -0.39 is 0 Å². The number of para-hydroxylation sites is 2. The van der Waals surface area contributed by atoms with E-state index in [0.29, 0.717) is 17.2 Å². The van der Waals surface area contributed by atoms with Gasteiger partial charge in [0.25, 0.3) is 0 Å². The number of aromatic nitrogens is 4. The third-order valence-corrected chi connectivity index (χ3v) is 5.08. The predicted octanol–water partition coefficient (Wildman–Crippen LogP) is 5.36. The fourth-order valence-electron chi connectivity index (χ4n) is 3.41. The molecule has 0 atom stereocenters. The lowest BCUT2D eigenvalue weighted by Gasteiger charge is -2.10. The summed E-state index contributed by atoms with van der Waals surface area (Å²) in [7, 11) is 1.66. The Labute approximate surface area is 172 Å². The second-order valence-corrected chi connectivity index (χ2v) is 7.18. The molecule has 0 fully saturated rings. The third kappa shape index (κ3) is 3.30. The lowest BCUT2D eigenvalue weighted by atomic mass is 10.2. The molecule has 0 amide bonds. The zero-order chi connectivity index (χ0) is 19.8. The lowest BCUT2D eigenvalue weighted by molar-refractivity contribution is 0.414. The van der Waals surface area contributed by atoms with Crippen LogP contribution in [0.1, 0.15) is 5.56 Å². The van der Waals surface area contributed by atoms with E-state index in [4.69, 9.17) is 31.3 Å². The minimum Gasteiger partial charge on any atom is -0.497 e. The van der Waals surface area contributed by atoms with Gasteiger partial charge in [-0.15, -0.1) is 0 Å². The molecule has 5 aromatic rings. The molecule has 142 valence electrons. The Kier molecular flexibility index (Phi) is 4.37. The molecule has 5 nitrogen and oxygen atoms in total. The highest BCUT2D eigenvalue weighted by Crippen LogP contribution is 2.27. The van der Waals surface area contributed by atoms with Crippen molar-refractivity contribution in [2.75, 3.05) is 7.11 Å². The van der Waals surface area contributed by atoms with E-state index in [1.807, 2.05) is 72.8 Å². The van der Waals surface area contributed by atoms with E-state index in [2.05, 4.69) is 4.57 Å². The number of rotatable bonds is 4. The van der Waals surface area contributed by atoms with E-state index >= 15 is 0 Å². The first-order valence-electron chi connectivity index (χ1n) is 9.23. The molecular weight excluding hydrogens is 384 g/mol. The lowest BCUT2D eigenvalue weighted by Crippen LogP contribution is -2.03. The summed E-state index contributed by atoms with van der Waals surface area (Å²) >= 11 is 6.24. The van der Waals surface area contributed by atoms with Crippen LogP contribution < -0.4 is 4.74 Å². The quantitative estimate of drug-likeness (QED) is 0.407. The average molecular weight is 401 g/mol. The molecule has 2 heterocycles. The van der Waals surface area contributed by atoms with Crippen molar-refractivity contribution in [1.29, 1.82) is 0 Å². The van der Waals surface area contributed by atoms with Gasteiger partial charge >= 0.3 is 0 Å². The van der Waals surface area contributed by atoms with Gasteiger partial charge in [-0.05, 0) is 42.0 Å². The van der Waals surface area contributed by atoms with Crippen LogP contribution >= 0.6 is 11.6 Å². The fraction of sp³-hybridized carbons (Fsp3) is 0.0870. The zero-order valence-electron chi connectivity index (χ0n) is 15.7. The molecule has 0 saturated carbocycles. The van der Waals surface area contributed by atoms with Crippen molar-refractivity contribution in [1.82, 2.24) is 19.5 Å². The van der Waals surface area contributed by atoms with Gasteiger partial charge in [-0.1, -0.05) is 48.0 Å². The van der Waals surface area contributed by atoms with Crippen LogP contribution in [0.2, 0.25) is 5.02 Å². The van der Waals surface area contributed by atoms with Gasteiger partial charge in [-0.2, -0.15) is 0 Å². The molecule has 2 aromatic heterocycles. The van der Waals surface area contributed by atoms with Gasteiger partial charge in [0, 0.05) is 10.6 Å². The summed E-state index contributed by atoms with van der Waals surface area (Å²) in [5, 5.41) is 0.664. The summed E-state index contributed by atoms with van der Waals surface area (Å²) in [5.41, 5.74) is 5.07. The monoisotopic (exact) mass is 400 g/mol. The normalized spacial score (nSPS) is 11.2. The first-order valence-corrected chi connectivity index (χ1v) is 9.61. The second-order valence-electron chi connectivity index (χ2n) is 6.74. The van der Waals surface area contributed by atoms with Crippen LogP contribution in [0.15, 0.2) is 72.8 Å². The number of ether oxygens (including phenoxy) is 1. The molecule has 0 N–H and O–H groups in total. The standard InChI is InChI=1S/C23H17ClN4O/c1-29-18-11-9-15(10-12-18)14-28-22(16-5-4-6-17(24)13-16)27-21-23(28)26-20-8-3-2-7-19(20)25-21/h2-13H,14H2,1H3. The molecular formula is C23H17ClN4O. The summed E-state index contributed by atoms with van der Waals surface area (Å²) in [4.78, 5) is 14.4. The Morgan fingerprint density at radius 3 is 2.34 bits per heavy atom. The van der Waals surface area contributed by atoms with Gasteiger partial charge in [0.05, 0.1) is 24.7 Å². The smallest absolute Gasteiger partial charge is 0.198 e. The summed E-state index contributed by atoms with van der Waals surface area (Å²) < 4.78 is 7.36. The van der Waals surface area contributed by atoms with E-state index in [-0.39, 0.29) is 0 Å². The Bertz CT molecular complexity index is 1330. The van der Waals surface area contributed by atoms with Crippen LogP contribution in [0.3, 0.4) is 0 Å². The van der Waals surface area contributed by atoms with Crippen molar-refractivity contribution in [3.63, 3.8) is 0 Å². The van der Waals surface area contributed by atoms with E-state index in [9.17, 15) is 0 Å². The Morgan fingerprint density at radius 1 is 0.862 bits per heavy atom. The minimum atomic E-state index is 0.607. The molecule has 3 aromatic carbocycles. The van der Waals surface area contributed by atoms with Crippen LogP contribution in [-0.2, 0) is 6.54 Å². The highest BCUT2D eigenvalue weighted by Gasteiger charge is 2.16. The molecule has 0 aliphatic carbocycles. The molecule has 5 rings (SSSR count). The van der Waals surface area contributed by atoms with Crippen molar-refractivity contribution in [3.05, 3.63) is 83.4 Å². The zero-order valence-corrected chi connectivity index (χ0v) is 16.5. The molecule has 0 radical (unpaired) electrons. The number of methoxy groups -OCH3 is 1. The minimum absolute atomic E-state index is 0.607. The van der Waals surface area contributed by atoms with Crippen LogP contribution in [0.5, 0.6) is 5.75 Å². The largest absolute Gasteiger partial charge is 0.497 e. The maximum absolute atomic E-state index is 6.24. The van der Waals surface area contributed by atoms with Gasteiger partial charge < -0.3 is 9.30 Å². The molecule has 0 saturated heterocycles. The summed E-state index contributed by atoms with van der Waals surface area (Å²) in [6.45, 7) is 0.607. The first kappa shape index (κ1) is 17.6. The Morgan fingerprint density at radius 2 is 1.62 bits per heavy atom. The molecule has 6 heteroatoms. The molecule has 29 heavy (non-hydrogen) atoms. The Hall–Kier alpha value is -3.44. The molecule has 0 bridgehead atoms. The number of nitrogens with zero attached hydrogens (tertiary/aromatic N) is 4. The summed E-state index contributed by atoms with van der Waals surface area (Å²) in [6, 6.07) is 23.5. The topological polar surface area (TPSA) is 52.8 Å². The number of halogens is 1. The van der Waals surface area contributed by atoms with Crippen LogP contribution in [0, 0.1) is 0 Å². The average Bonchev–Trinajstić information content (AvgIpc) is 3.10. The third-order valence-electron chi connectivity index (χ3n) is 4.84. The molecule has 0 unspecified atom stereocenters. The summed E-state index contributed by atoms with van der Waals surface area (Å²) in [6.07, 6.45) is 0. The number of hydrogen-bond acceptors (Lipinski definition) is 4. The van der Waals surface area contributed by atoms with Crippen LogP contribution in [-0.4, -0.2) is 26.6 Å². The fourth-order valence-corrected chi connectivity index (χ4v) is 3.60. The van der Waals surface area contributed by atoms with Crippen LogP contribution in [0.4, 0.5) is 0 Å². The second kappa shape index (κ2) is 7.18. The highest BCUT2D eigenvalue weighted by molar-refractivity contribution is 6.30. The van der Waals surface area contributed by atoms with E-state index in [0.717, 1.165) is 39.4 Å². The van der Waals surface area contributed by atoms with E-state index in [1.54, 1.807) is 7.11 Å². The van der Waals surface area contributed by atoms with Crippen molar-refractivity contribution >= 4 is 33.9 Å². The van der Waals surface area contributed by atoms with Gasteiger partial charge in [-0.3, -0.25) is 0 Å². The number of benzene rings is 3. The van der Waals surface area contributed by atoms with Gasteiger partial charge in [0.2, 0.25) is 0 Å². The van der Waals surface area contributed by atoms with Crippen molar-refractivity contribution in [2.45, 2.75) is 6.54 Å². The van der Waals surface area contributed by atoms with Crippen molar-refractivity contribution in [2.24, 2.45) is 0 Å². The predicted molar refractivity (Wildman–Crippen MR) is 115 cm³/mol. The van der Waals surface area contributed by atoms with Crippen molar-refractivity contribution in [3.8, 4) is 17.1 Å². The Balaban J connectivity index is 1.72. The number of hydrogen-bond donors (Lipinski definition) is 0. The van der Waals surface area contributed by atoms with E-state index in [1.165, 1.54) is 0 Å². The maximum Gasteiger partial charge on any atom is 0.198 e. The van der Waals surface area contributed by atoms with Gasteiger partial charge in [-0.25, -0.2) is 15.0 Å². The highest BCUT2D eigenvalue weighted by atomic mass is 35.5.